The van der Waals surface area contributed by atoms with Gasteiger partial charge >= 0.3 is 5.97 Å². The number of carbonyl (C=O) groups is 1. The summed E-state index contributed by atoms with van der Waals surface area (Å²) >= 11 is 0. The first-order valence-electron chi connectivity index (χ1n) is 8.22. The van der Waals surface area contributed by atoms with Crippen molar-refractivity contribution in [3.05, 3.63) is 64.7 Å². The minimum Gasteiger partial charge on any atom is -0.478 e. The van der Waals surface area contributed by atoms with Gasteiger partial charge in [-0.2, -0.15) is 0 Å². The fraction of sp³-hybridized carbons (Fsp3) is 0.381. The van der Waals surface area contributed by atoms with Crippen LogP contribution in [0, 0.1) is 13.8 Å². The Balaban J connectivity index is 2.15. The first kappa shape index (κ1) is 18.1. The van der Waals surface area contributed by atoms with Crippen LogP contribution in [0.5, 0.6) is 5.75 Å². The Labute approximate surface area is 144 Å². The molecule has 2 aromatic rings. The molecule has 0 aromatic heterocycles. The van der Waals surface area contributed by atoms with Gasteiger partial charge in [0.1, 0.15) is 5.75 Å². The van der Waals surface area contributed by atoms with Crippen molar-refractivity contribution in [2.45, 2.75) is 52.6 Å². The zero-order chi connectivity index (χ0) is 17.9. The van der Waals surface area contributed by atoms with Crippen LogP contribution in [-0.4, -0.2) is 17.2 Å². The summed E-state index contributed by atoms with van der Waals surface area (Å²) < 4.78 is 5.73. The monoisotopic (exact) mass is 326 g/mol. The van der Waals surface area contributed by atoms with E-state index in [1.807, 2.05) is 50.2 Å². The van der Waals surface area contributed by atoms with Gasteiger partial charge in [-0.3, -0.25) is 0 Å². The fourth-order valence-corrected chi connectivity index (χ4v) is 2.78. The zero-order valence-electron chi connectivity index (χ0n) is 15.1. The number of hydrogen-bond donors (Lipinski definition) is 1. The molecule has 3 heteroatoms. The van der Waals surface area contributed by atoms with Crippen LogP contribution in [0.3, 0.4) is 0 Å². The predicted octanol–water partition coefficient (Wildman–Crippen LogP) is 4.68. The molecule has 0 fully saturated rings. The number of aryl methyl sites for hydroxylation is 2. The largest absolute Gasteiger partial charge is 0.478 e. The molecule has 0 aliphatic rings. The number of carboxylic acid groups (broad SMARTS) is 1. The van der Waals surface area contributed by atoms with Gasteiger partial charge in [0, 0.05) is 6.42 Å². The third-order valence-electron chi connectivity index (χ3n) is 3.98. The van der Waals surface area contributed by atoms with E-state index in [0.717, 1.165) is 16.7 Å². The van der Waals surface area contributed by atoms with Crippen molar-refractivity contribution in [1.82, 2.24) is 0 Å². The molecule has 1 N–H and O–H groups in total. The maximum absolute atomic E-state index is 11.6. The maximum atomic E-state index is 11.6. The van der Waals surface area contributed by atoms with Crippen LogP contribution in [0.15, 0.2) is 42.5 Å². The Morgan fingerprint density at radius 1 is 1.04 bits per heavy atom. The number of rotatable bonds is 5. The van der Waals surface area contributed by atoms with Gasteiger partial charge in [0.25, 0.3) is 0 Å². The second-order valence-electron chi connectivity index (χ2n) is 7.42. The number of ether oxygens (including phenoxy) is 1. The van der Waals surface area contributed by atoms with Gasteiger partial charge in [0.15, 0.2) is 6.10 Å². The van der Waals surface area contributed by atoms with Gasteiger partial charge in [-0.25, -0.2) is 4.79 Å². The number of benzene rings is 2. The number of aliphatic carboxylic acids is 1. The third kappa shape index (κ3) is 4.85. The number of hydrogen-bond acceptors (Lipinski definition) is 2. The Hall–Kier alpha value is -2.29. The lowest BCUT2D eigenvalue weighted by molar-refractivity contribution is -0.145. The van der Waals surface area contributed by atoms with Crippen LogP contribution in [0.1, 0.15) is 43.0 Å². The van der Waals surface area contributed by atoms with Gasteiger partial charge in [-0.15, -0.1) is 0 Å². The Kier molecular flexibility index (Phi) is 5.33. The lowest BCUT2D eigenvalue weighted by atomic mass is 9.87. The average Bonchev–Trinajstić information content (AvgIpc) is 2.45. The highest BCUT2D eigenvalue weighted by atomic mass is 16.5. The van der Waals surface area contributed by atoms with Crippen molar-refractivity contribution < 1.29 is 14.6 Å². The summed E-state index contributed by atoms with van der Waals surface area (Å²) in [6.07, 6.45) is -0.550. The van der Waals surface area contributed by atoms with E-state index < -0.39 is 12.1 Å². The van der Waals surface area contributed by atoms with Crippen molar-refractivity contribution in [1.29, 1.82) is 0 Å². The highest BCUT2D eigenvalue weighted by Gasteiger charge is 2.21. The molecule has 0 saturated heterocycles. The first-order valence-corrected chi connectivity index (χ1v) is 8.22. The highest BCUT2D eigenvalue weighted by Crippen LogP contribution is 2.25. The minimum atomic E-state index is -0.950. The molecule has 3 nitrogen and oxygen atoms in total. The smallest absolute Gasteiger partial charge is 0.345 e. The maximum Gasteiger partial charge on any atom is 0.345 e. The molecule has 2 rings (SSSR count). The van der Waals surface area contributed by atoms with Crippen molar-refractivity contribution in [2.24, 2.45) is 0 Å². The van der Waals surface area contributed by atoms with Gasteiger partial charge < -0.3 is 9.84 Å². The zero-order valence-corrected chi connectivity index (χ0v) is 15.1. The lowest BCUT2D eigenvalue weighted by Gasteiger charge is -2.20. The van der Waals surface area contributed by atoms with Gasteiger partial charge in [-0.05, 0) is 42.5 Å². The quantitative estimate of drug-likeness (QED) is 0.868. The van der Waals surface area contributed by atoms with Crippen molar-refractivity contribution in [3.63, 3.8) is 0 Å². The Morgan fingerprint density at radius 3 is 2.04 bits per heavy atom. The summed E-state index contributed by atoms with van der Waals surface area (Å²) in [4.78, 5) is 11.6. The van der Waals surface area contributed by atoms with Crippen LogP contribution < -0.4 is 4.74 Å². The summed E-state index contributed by atoms with van der Waals surface area (Å²) in [5.41, 5.74) is 4.48. The molecule has 0 unspecified atom stereocenters. The van der Waals surface area contributed by atoms with E-state index in [4.69, 9.17) is 4.74 Å². The second-order valence-corrected chi connectivity index (χ2v) is 7.42. The Bertz CT molecular complexity index is 689. The SMILES string of the molecule is Cc1cc(C)cc(C[C@H](Oc2ccc(C(C)(C)C)cc2)C(=O)O)c1. The third-order valence-corrected chi connectivity index (χ3v) is 3.98. The van der Waals surface area contributed by atoms with Gasteiger partial charge in [-0.1, -0.05) is 62.2 Å². The molecular weight excluding hydrogens is 300 g/mol. The highest BCUT2D eigenvalue weighted by molar-refractivity contribution is 5.73. The molecule has 0 bridgehead atoms. The van der Waals surface area contributed by atoms with Crippen molar-refractivity contribution in [3.8, 4) is 5.75 Å². The second kappa shape index (κ2) is 7.08. The molecule has 128 valence electrons. The van der Waals surface area contributed by atoms with E-state index in [1.165, 1.54) is 5.56 Å². The first-order chi connectivity index (χ1) is 11.1. The van der Waals surface area contributed by atoms with E-state index in [-0.39, 0.29) is 5.41 Å². The average molecular weight is 326 g/mol. The molecule has 0 spiro atoms. The molecule has 24 heavy (non-hydrogen) atoms. The molecule has 0 heterocycles. The normalized spacial score (nSPS) is 12.7. The van der Waals surface area contributed by atoms with Gasteiger partial charge in [0.05, 0.1) is 0 Å². The van der Waals surface area contributed by atoms with Crippen molar-refractivity contribution >= 4 is 5.97 Å². The summed E-state index contributed by atoms with van der Waals surface area (Å²) in [6, 6.07) is 13.8. The van der Waals surface area contributed by atoms with Crippen LogP contribution >= 0.6 is 0 Å². The van der Waals surface area contributed by atoms with E-state index in [0.29, 0.717) is 12.2 Å². The summed E-state index contributed by atoms with van der Waals surface area (Å²) in [6.45, 7) is 10.5. The van der Waals surface area contributed by atoms with Crippen LogP contribution in [-0.2, 0) is 16.6 Å². The molecule has 0 aliphatic carbocycles. The molecule has 2 aromatic carbocycles. The molecule has 0 saturated carbocycles. The predicted molar refractivity (Wildman–Crippen MR) is 96.8 cm³/mol. The standard InChI is InChI=1S/C21H26O3/c1-14-10-15(2)12-16(11-14)13-19(20(22)23)24-18-8-6-17(7-9-18)21(3,4)5/h6-12,19H,13H2,1-5H3,(H,22,23)/t19-/m0/s1. The lowest BCUT2D eigenvalue weighted by Crippen LogP contribution is -2.29. The van der Waals surface area contributed by atoms with E-state index >= 15 is 0 Å². The minimum absolute atomic E-state index is 0.0593. The molecule has 0 radical (unpaired) electrons. The van der Waals surface area contributed by atoms with E-state index in [2.05, 4.69) is 26.8 Å². The molecular formula is C21H26O3. The van der Waals surface area contributed by atoms with E-state index in [9.17, 15) is 9.90 Å². The fourth-order valence-electron chi connectivity index (χ4n) is 2.78. The molecule has 1 atom stereocenters. The van der Waals surface area contributed by atoms with Crippen LogP contribution in [0.2, 0.25) is 0 Å². The summed E-state index contributed by atoms with van der Waals surface area (Å²) in [5, 5.41) is 9.49. The van der Waals surface area contributed by atoms with Crippen LogP contribution in [0.4, 0.5) is 0 Å². The Morgan fingerprint density at radius 2 is 1.58 bits per heavy atom. The summed E-state index contributed by atoms with van der Waals surface area (Å²) in [5.74, 6) is -0.367. The topological polar surface area (TPSA) is 46.5 Å². The summed E-state index contributed by atoms with van der Waals surface area (Å²) in [7, 11) is 0. The van der Waals surface area contributed by atoms with Gasteiger partial charge in [0.2, 0.25) is 0 Å². The number of carboxylic acids is 1. The molecule has 0 amide bonds. The molecule has 0 aliphatic heterocycles. The van der Waals surface area contributed by atoms with E-state index in [1.54, 1.807) is 0 Å². The van der Waals surface area contributed by atoms with Crippen LogP contribution in [0.25, 0.3) is 0 Å². The van der Waals surface area contributed by atoms with Crippen molar-refractivity contribution in [2.75, 3.05) is 0 Å².